The largest absolute Gasteiger partial charge is 0.481 e. The summed E-state index contributed by atoms with van der Waals surface area (Å²) in [5.41, 5.74) is 0. The minimum atomic E-state index is -1.74. The molecule has 2 aliphatic rings. The van der Waals surface area contributed by atoms with Crippen LogP contribution in [0.2, 0.25) is 0 Å². The van der Waals surface area contributed by atoms with Crippen molar-refractivity contribution >= 4 is 5.97 Å². The van der Waals surface area contributed by atoms with Crippen LogP contribution in [0.4, 0.5) is 0 Å². The molecule has 2 aliphatic heterocycles. The van der Waals surface area contributed by atoms with Crippen molar-refractivity contribution in [3.8, 4) is 0 Å². The molecule has 2 fully saturated rings. The van der Waals surface area contributed by atoms with Crippen molar-refractivity contribution in [2.75, 3.05) is 13.2 Å². The Labute approximate surface area is 217 Å². The van der Waals surface area contributed by atoms with Crippen molar-refractivity contribution in [1.29, 1.82) is 0 Å². The number of carboxylic acids is 1. The van der Waals surface area contributed by atoms with E-state index in [2.05, 4.69) is 6.92 Å². The van der Waals surface area contributed by atoms with Crippen LogP contribution < -0.4 is 0 Å². The highest BCUT2D eigenvalue weighted by Gasteiger charge is 2.50. The number of rotatable bonds is 14. The first-order valence-electron chi connectivity index (χ1n) is 13.1. The predicted molar refractivity (Wildman–Crippen MR) is 128 cm³/mol. The summed E-state index contributed by atoms with van der Waals surface area (Å²) >= 11 is 0. The fraction of sp³-hybridized carbons (Fsp3) is 0.958. The molecule has 37 heavy (non-hydrogen) atoms. The van der Waals surface area contributed by atoms with Crippen molar-refractivity contribution in [1.82, 2.24) is 0 Å². The highest BCUT2D eigenvalue weighted by molar-refractivity contribution is 5.66. The second-order valence-electron chi connectivity index (χ2n) is 9.50. The molecule has 0 aromatic rings. The fourth-order valence-corrected chi connectivity index (χ4v) is 4.16. The second-order valence-corrected chi connectivity index (χ2v) is 9.50. The molecule has 0 spiro atoms. The molecule has 2 heterocycles. The Kier molecular flexibility index (Phi) is 16.9. The summed E-state index contributed by atoms with van der Waals surface area (Å²) < 4.78 is 15.3. The van der Waals surface area contributed by atoms with Crippen molar-refractivity contribution in [2.24, 2.45) is 0 Å². The van der Waals surface area contributed by atoms with Crippen LogP contribution in [0.25, 0.3) is 0 Å². The van der Waals surface area contributed by atoms with Crippen molar-refractivity contribution < 1.29 is 65.0 Å². The van der Waals surface area contributed by atoms with Gasteiger partial charge in [-0.3, -0.25) is 4.79 Å². The number of carboxylic acid groups (broad SMARTS) is 1. The van der Waals surface area contributed by atoms with Crippen LogP contribution in [-0.4, -0.2) is 127 Å². The van der Waals surface area contributed by atoms with E-state index in [-0.39, 0.29) is 0 Å². The van der Waals surface area contributed by atoms with Crippen LogP contribution in [0.1, 0.15) is 71.1 Å². The van der Waals surface area contributed by atoms with Gasteiger partial charge in [-0.25, -0.2) is 0 Å². The van der Waals surface area contributed by atoms with Gasteiger partial charge in [-0.15, -0.1) is 0 Å². The van der Waals surface area contributed by atoms with Gasteiger partial charge in [-0.2, -0.15) is 0 Å². The molecule has 220 valence electrons. The number of hydrogen-bond acceptors (Lipinski definition) is 12. The lowest BCUT2D eigenvalue weighted by molar-refractivity contribution is -0.355. The summed E-state index contributed by atoms with van der Waals surface area (Å²) in [5, 5.41) is 84.9. The summed E-state index contributed by atoms with van der Waals surface area (Å²) in [5.74, 6) is -0.659. The van der Waals surface area contributed by atoms with Gasteiger partial charge in [0.1, 0.15) is 48.8 Å². The molecule has 0 saturated carbocycles. The Morgan fingerprint density at radius 2 is 1.22 bits per heavy atom. The van der Waals surface area contributed by atoms with E-state index in [9.17, 15) is 40.5 Å². The fourth-order valence-electron chi connectivity index (χ4n) is 4.16. The van der Waals surface area contributed by atoms with Gasteiger partial charge in [0, 0.05) is 6.42 Å². The Bertz CT molecular complexity index is 605. The van der Waals surface area contributed by atoms with E-state index in [1.54, 1.807) is 0 Å². The predicted octanol–water partition coefficient (Wildman–Crippen LogP) is -1.41. The molecule has 10 atom stereocenters. The molecule has 0 bridgehead atoms. The number of unbranched alkanes of at least 4 members (excludes halogenated alkanes) is 8. The van der Waals surface area contributed by atoms with E-state index in [1.807, 2.05) is 0 Å². The van der Waals surface area contributed by atoms with Gasteiger partial charge < -0.3 is 60.2 Å². The van der Waals surface area contributed by atoms with E-state index < -0.39 is 80.6 Å². The summed E-state index contributed by atoms with van der Waals surface area (Å²) in [6.45, 7) is 0.883. The van der Waals surface area contributed by atoms with Gasteiger partial charge >= 0.3 is 5.97 Å². The van der Waals surface area contributed by atoms with E-state index in [1.165, 1.54) is 44.9 Å². The summed E-state index contributed by atoms with van der Waals surface area (Å²) in [6, 6.07) is 0. The molecule has 2 saturated heterocycles. The smallest absolute Gasteiger partial charge is 0.303 e. The van der Waals surface area contributed by atoms with Crippen LogP contribution in [0, 0.1) is 0 Å². The first-order valence-corrected chi connectivity index (χ1v) is 13.1. The maximum atomic E-state index is 10.2. The standard InChI is InChI=1S/C12H22O11.C12H24O2/c13-1-3-5(15)6(16)9(19)12(22-3)23-10-4(2-14)21-11(20)8(18)7(10)17;1-2-3-4-5-6-7-8-9-10-11-12(13)14/h3-20H,1-2H2;2-11H2,1H3,(H,13,14)/t3-,4-,5+,6+,7-,8-,9-,10-,11?,12+;/m1./s1. The third-order valence-corrected chi connectivity index (χ3v) is 6.47. The van der Waals surface area contributed by atoms with Gasteiger partial charge in [-0.1, -0.05) is 58.3 Å². The van der Waals surface area contributed by atoms with Crippen LogP contribution in [0.3, 0.4) is 0 Å². The molecule has 0 amide bonds. The molecular formula is C24H46O13. The van der Waals surface area contributed by atoms with Crippen LogP contribution in [0.5, 0.6) is 0 Å². The number of hydrogen-bond donors (Lipinski definition) is 9. The monoisotopic (exact) mass is 542 g/mol. The second kappa shape index (κ2) is 18.3. The molecule has 9 N–H and O–H groups in total. The van der Waals surface area contributed by atoms with Crippen LogP contribution >= 0.6 is 0 Å². The molecule has 0 aliphatic carbocycles. The average Bonchev–Trinajstić information content (AvgIpc) is 2.88. The normalized spacial score (nSPS) is 36.0. The molecule has 13 heteroatoms. The van der Waals surface area contributed by atoms with Crippen LogP contribution in [0.15, 0.2) is 0 Å². The minimum absolute atomic E-state index is 0.343. The third kappa shape index (κ3) is 11.3. The summed E-state index contributed by atoms with van der Waals surface area (Å²) in [4.78, 5) is 10.2. The number of aliphatic hydroxyl groups is 8. The number of aliphatic carboxylic acids is 1. The lowest BCUT2D eigenvalue weighted by atomic mass is 9.97. The lowest BCUT2D eigenvalue weighted by Gasteiger charge is -2.45. The van der Waals surface area contributed by atoms with Gasteiger partial charge in [0.25, 0.3) is 0 Å². The number of aliphatic hydroxyl groups excluding tert-OH is 8. The Balaban J connectivity index is 0.000000422. The maximum Gasteiger partial charge on any atom is 0.303 e. The highest BCUT2D eigenvalue weighted by Crippen LogP contribution is 2.28. The zero-order valence-electron chi connectivity index (χ0n) is 21.4. The van der Waals surface area contributed by atoms with E-state index in [0.717, 1.165) is 12.8 Å². The Morgan fingerprint density at radius 1 is 0.676 bits per heavy atom. The van der Waals surface area contributed by atoms with Crippen molar-refractivity contribution in [2.45, 2.75) is 133 Å². The van der Waals surface area contributed by atoms with Crippen molar-refractivity contribution in [3.05, 3.63) is 0 Å². The van der Waals surface area contributed by atoms with Gasteiger partial charge in [0.05, 0.1) is 13.2 Å². The summed E-state index contributed by atoms with van der Waals surface area (Å²) in [6.07, 6.45) is -4.09. The number of ether oxygens (including phenoxy) is 3. The van der Waals surface area contributed by atoms with Gasteiger partial charge in [0.15, 0.2) is 12.6 Å². The first-order chi connectivity index (χ1) is 17.6. The topological polar surface area (TPSA) is 227 Å². The lowest BCUT2D eigenvalue weighted by Crippen LogP contribution is -2.64. The zero-order valence-corrected chi connectivity index (χ0v) is 21.4. The molecule has 1 unspecified atom stereocenters. The van der Waals surface area contributed by atoms with Crippen LogP contribution in [-0.2, 0) is 19.0 Å². The van der Waals surface area contributed by atoms with E-state index in [4.69, 9.17) is 24.4 Å². The quantitative estimate of drug-likeness (QED) is 0.115. The van der Waals surface area contributed by atoms with E-state index >= 15 is 0 Å². The molecule has 0 aromatic carbocycles. The molecule has 0 aromatic heterocycles. The van der Waals surface area contributed by atoms with Gasteiger partial charge in [-0.05, 0) is 6.42 Å². The molecular weight excluding hydrogens is 496 g/mol. The third-order valence-electron chi connectivity index (χ3n) is 6.47. The SMILES string of the molecule is CCCCCCCCCCCC(=O)O.OC[C@H]1O[C@@H](O[C@H]2[C@H](O)[C@@H](O)C(O)O[C@@H]2CO)[C@H](O)[C@@H](O)[C@H]1O. The zero-order chi connectivity index (χ0) is 28.0. The summed E-state index contributed by atoms with van der Waals surface area (Å²) in [7, 11) is 0. The van der Waals surface area contributed by atoms with Crippen molar-refractivity contribution in [3.63, 3.8) is 0 Å². The minimum Gasteiger partial charge on any atom is -0.481 e. The average molecular weight is 543 g/mol. The van der Waals surface area contributed by atoms with E-state index in [0.29, 0.717) is 6.42 Å². The Morgan fingerprint density at radius 3 is 1.73 bits per heavy atom. The number of carbonyl (C=O) groups is 1. The highest BCUT2D eigenvalue weighted by atomic mass is 16.7. The first kappa shape index (κ1) is 34.1. The van der Waals surface area contributed by atoms with Gasteiger partial charge in [0.2, 0.25) is 0 Å². The maximum absolute atomic E-state index is 10.2. The molecule has 2 rings (SSSR count). The molecule has 13 nitrogen and oxygen atoms in total. The Hall–Kier alpha value is -0.970. The molecule has 0 radical (unpaired) electrons.